The summed E-state index contributed by atoms with van der Waals surface area (Å²) < 4.78 is 27.0. The van der Waals surface area contributed by atoms with E-state index in [1.54, 1.807) is 0 Å². The molecule has 3 rings (SSSR count). The molecule has 1 fully saturated rings. The summed E-state index contributed by atoms with van der Waals surface area (Å²) >= 11 is 0. The highest BCUT2D eigenvalue weighted by Gasteiger charge is 2.53. The molecule has 0 aromatic heterocycles. The molecule has 0 amide bonds. The van der Waals surface area contributed by atoms with E-state index >= 15 is 4.39 Å². The van der Waals surface area contributed by atoms with Crippen molar-refractivity contribution in [3.63, 3.8) is 0 Å². The summed E-state index contributed by atoms with van der Waals surface area (Å²) in [7, 11) is 0. The van der Waals surface area contributed by atoms with E-state index in [1.807, 2.05) is 44.2 Å². The largest absolute Gasteiger partial charge is 0.497 e. The summed E-state index contributed by atoms with van der Waals surface area (Å²) in [5.74, 6) is 0.500. The van der Waals surface area contributed by atoms with Gasteiger partial charge in [-0.1, -0.05) is 30.3 Å². The molecule has 0 spiro atoms. The maximum Gasteiger partial charge on any atom is 0.197 e. The van der Waals surface area contributed by atoms with Crippen LogP contribution in [0.2, 0.25) is 0 Å². The number of alkyl halides is 1. The van der Waals surface area contributed by atoms with Crippen LogP contribution in [0.25, 0.3) is 5.57 Å². The molecule has 1 aromatic rings. The van der Waals surface area contributed by atoms with Crippen LogP contribution in [0.4, 0.5) is 4.39 Å². The Bertz CT molecular complexity index is 661. The van der Waals surface area contributed by atoms with Crippen molar-refractivity contribution < 1.29 is 18.7 Å². The average Bonchev–Trinajstić information content (AvgIpc) is 3.41. The first-order valence-electron chi connectivity index (χ1n) is 8.58. The van der Waals surface area contributed by atoms with Crippen LogP contribution in [0, 0.1) is 11.8 Å². The Labute approximate surface area is 142 Å². The van der Waals surface area contributed by atoms with Crippen molar-refractivity contribution in [2.24, 2.45) is 11.8 Å². The van der Waals surface area contributed by atoms with Gasteiger partial charge in [0, 0.05) is 6.08 Å². The third-order valence-electron chi connectivity index (χ3n) is 4.54. The van der Waals surface area contributed by atoms with Crippen molar-refractivity contribution >= 4 is 11.9 Å². The normalized spacial score (nSPS) is 26.8. The van der Waals surface area contributed by atoms with E-state index in [1.165, 1.54) is 6.08 Å². The Morgan fingerprint density at radius 3 is 2.38 bits per heavy atom. The van der Waals surface area contributed by atoms with Crippen LogP contribution in [0.15, 0.2) is 47.9 Å². The van der Waals surface area contributed by atoms with Gasteiger partial charge in [-0.15, -0.1) is 0 Å². The van der Waals surface area contributed by atoms with Gasteiger partial charge in [0.2, 0.25) is 0 Å². The molecule has 1 aromatic carbocycles. The average molecular weight is 330 g/mol. The molecule has 4 heteroatoms. The third kappa shape index (κ3) is 2.97. The minimum absolute atomic E-state index is 0.139. The molecule has 3 nitrogen and oxygen atoms in total. The van der Waals surface area contributed by atoms with E-state index in [0.29, 0.717) is 31.0 Å². The van der Waals surface area contributed by atoms with Crippen molar-refractivity contribution in [2.75, 3.05) is 13.2 Å². The Balaban J connectivity index is 2.20. The number of rotatable bonds is 7. The molecule has 0 saturated heterocycles. The number of allylic oxidation sites excluding steroid dienone is 3. The van der Waals surface area contributed by atoms with Gasteiger partial charge in [0.25, 0.3) is 0 Å². The number of halogens is 1. The van der Waals surface area contributed by atoms with Crippen LogP contribution in [0.1, 0.15) is 32.3 Å². The first-order valence-corrected chi connectivity index (χ1v) is 8.58. The zero-order valence-electron chi connectivity index (χ0n) is 14.1. The van der Waals surface area contributed by atoms with Crippen LogP contribution in [-0.4, -0.2) is 25.2 Å². The lowest BCUT2D eigenvalue weighted by Gasteiger charge is -2.35. The lowest BCUT2D eigenvalue weighted by atomic mass is 9.77. The number of aldehydes is 1. The first kappa shape index (κ1) is 16.7. The van der Waals surface area contributed by atoms with Gasteiger partial charge in [-0.25, -0.2) is 4.39 Å². The number of hydrogen-bond donors (Lipinski definition) is 0. The monoisotopic (exact) mass is 330 g/mol. The molecule has 0 radical (unpaired) electrons. The van der Waals surface area contributed by atoms with Crippen LogP contribution < -0.4 is 0 Å². The highest BCUT2D eigenvalue weighted by atomic mass is 19.1. The number of hydrogen-bond acceptors (Lipinski definition) is 3. The van der Waals surface area contributed by atoms with E-state index in [-0.39, 0.29) is 5.92 Å². The summed E-state index contributed by atoms with van der Waals surface area (Å²) in [5, 5.41) is 0. The molecule has 0 bridgehead atoms. The minimum atomic E-state index is -2.07. The van der Waals surface area contributed by atoms with Crippen LogP contribution in [0.5, 0.6) is 0 Å². The molecule has 2 unspecified atom stereocenters. The van der Waals surface area contributed by atoms with Gasteiger partial charge in [0.1, 0.15) is 11.5 Å². The van der Waals surface area contributed by atoms with Crippen molar-refractivity contribution in [1.82, 2.24) is 0 Å². The summed E-state index contributed by atoms with van der Waals surface area (Å²) in [6, 6.07) is 9.70. The second-order valence-corrected chi connectivity index (χ2v) is 6.24. The van der Waals surface area contributed by atoms with E-state index < -0.39 is 11.6 Å². The smallest absolute Gasteiger partial charge is 0.197 e. The topological polar surface area (TPSA) is 35.5 Å². The zero-order chi connectivity index (χ0) is 17.2. The molecule has 2 aliphatic rings. The van der Waals surface area contributed by atoms with Crippen LogP contribution in [-0.2, 0) is 14.3 Å². The van der Waals surface area contributed by atoms with Gasteiger partial charge >= 0.3 is 0 Å². The minimum Gasteiger partial charge on any atom is -0.497 e. The summed E-state index contributed by atoms with van der Waals surface area (Å²) in [5.41, 5.74) is -0.389. The highest BCUT2D eigenvalue weighted by molar-refractivity contribution is 5.84. The lowest BCUT2D eigenvalue weighted by Crippen LogP contribution is -2.40. The van der Waals surface area contributed by atoms with Crippen molar-refractivity contribution in [2.45, 2.75) is 32.4 Å². The Morgan fingerprint density at radius 1 is 1.17 bits per heavy atom. The van der Waals surface area contributed by atoms with Gasteiger partial charge in [-0.3, -0.25) is 4.79 Å². The van der Waals surface area contributed by atoms with Gasteiger partial charge in [0.15, 0.2) is 12.0 Å². The predicted octanol–water partition coefficient (Wildman–Crippen LogP) is 4.30. The van der Waals surface area contributed by atoms with Gasteiger partial charge in [-0.05, 0) is 38.2 Å². The van der Waals surface area contributed by atoms with E-state index in [2.05, 4.69) is 0 Å². The Kier molecular flexibility index (Phi) is 4.74. The predicted molar refractivity (Wildman–Crippen MR) is 90.8 cm³/mol. The lowest BCUT2D eigenvalue weighted by molar-refractivity contribution is -0.118. The first-order chi connectivity index (χ1) is 11.6. The molecule has 0 heterocycles. The van der Waals surface area contributed by atoms with E-state index in [9.17, 15) is 4.79 Å². The van der Waals surface area contributed by atoms with Crippen molar-refractivity contribution in [1.29, 1.82) is 0 Å². The third-order valence-corrected chi connectivity index (χ3v) is 4.54. The van der Waals surface area contributed by atoms with Gasteiger partial charge in [0.05, 0.1) is 24.7 Å². The molecule has 0 N–H and O–H groups in total. The highest BCUT2D eigenvalue weighted by Crippen LogP contribution is 2.53. The molecule has 2 atom stereocenters. The molecule has 2 aliphatic carbocycles. The molecular weight excluding hydrogens is 307 g/mol. The fourth-order valence-electron chi connectivity index (χ4n) is 3.43. The Hall–Kier alpha value is -2.10. The summed E-state index contributed by atoms with van der Waals surface area (Å²) in [4.78, 5) is 11.6. The zero-order valence-corrected chi connectivity index (χ0v) is 14.1. The quantitative estimate of drug-likeness (QED) is 0.699. The summed E-state index contributed by atoms with van der Waals surface area (Å²) in [6.07, 6.45) is 3.58. The van der Waals surface area contributed by atoms with E-state index in [4.69, 9.17) is 9.47 Å². The molecule has 1 saturated carbocycles. The molecule has 24 heavy (non-hydrogen) atoms. The number of carbonyl (C=O) groups excluding carboxylic acids is 1. The van der Waals surface area contributed by atoms with Crippen LogP contribution >= 0.6 is 0 Å². The fourth-order valence-corrected chi connectivity index (χ4v) is 3.43. The van der Waals surface area contributed by atoms with Crippen LogP contribution in [0.3, 0.4) is 0 Å². The van der Waals surface area contributed by atoms with Crippen molar-refractivity contribution in [3.8, 4) is 0 Å². The molecular formula is C20H23FO3. The second kappa shape index (κ2) is 6.80. The molecule has 128 valence electrons. The summed E-state index contributed by atoms with van der Waals surface area (Å²) in [6.45, 7) is 4.53. The maximum absolute atomic E-state index is 15.5. The maximum atomic E-state index is 15.5. The number of carbonyl (C=O) groups is 1. The SMILES string of the molecule is CCOC1=CC(F)(C=O)C(C2CC2)C(OCC)=C1c1ccccc1. The standard InChI is InChI=1S/C20H23FO3/c1-3-23-16-12-20(21,13-22)18(15-10-11-15)19(24-4-2)17(16)14-8-6-5-7-9-14/h5-9,12-13,15,18H,3-4,10-11H2,1-2H3. The number of benzene rings is 1. The van der Waals surface area contributed by atoms with E-state index in [0.717, 1.165) is 24.0 Å². The molecule has 0 aliphatic heterocycles. The van der Waals surface area contributed by atoms with Gasteiger partial charge < -0.3 is 9.47 Å². The van der Waals surface area contributed by atoms with Gasteiger partial charge in [-0.2, -0.15) is 0 Å². The second-order valence-electron chi connectivity index (χ2n) is 6.24. The van der Waals surface area contributed by atoms with Crippen molar-refractivity contribution in [3.05, 3.63) is 53.5 Å². The number of ether oxygens (including phenoxy) is 2. The Morgan fingerprint density at radius 2 is 1.83 bits per heavy atom. The fraction of sp³-hybridized carbons (Fsp3) is 0.450.